The third-order valence-corrected chi connectivity index (χ3v) is 2.55. The van der Waals surface area contributed by atoms with E-state index in [-0.39, 0.29) is 13.0 Å². The summed E-state index contributed by atoms with van der Waals surface area (Å²) in [5, 5.41) is 33.9. The second-order valence-electron chi connectivity index (χ2n) is 4.40. The van der Waals surface area contributed by atoms with Crippen LogP contribution in [0.15, 0.2) is 24.3 Å². The minimum Gasteiger partial charge on any atom is -0.480 e. The van der Waals surface area contributed by atoms with Crippen LogP contribution in [-0.4, -0.2) is 58.1 Å². The van der Waals surface area contributed by atoms with Gasteiger partial charge in [0.15, 0.2) is 0 Å². The number of benzene rings is 1. The number of aliphatic hydroxyl groups excluding tert-OH is 3. The average molecular weight is 301 g/mol. The zero-order chi connectivity index (χ0) is 15.8. The summed E-state index contributed by atoms with van der Waals surface area (Å²) in [6.45, 7) is -0.600. The number of aliphatic hydroxyl groups is 3. The molecule has 1 aromatic rings. The molecule has 6 N–H and O–H groups in total. The van der Waals surface area contributed by atoms with Crippen molar-refractivity contribution in [1.82, 2.24) is 0 Å². The van der Waals surface area contributed by atoms with Crippen molar-refractivity contribution in [3.05, 3.63) is 24.3 Å². The first-order valence-electron chi connectivity index (χ1n) is 6.25. The Balaban J connectivity index is 0.000000383. The number of aliphatic carboxylic acids is 1. The Hall–Kier alpha value is -1.87. The molecule has 1 fully saturated rings. The molecule has 1 saturated heterocycles. The number of nitrogen functional groups attached to an aromatic ring is 1. The van der Waals surface area contributed by atoms with E-state index in [2.05, 4.69) is 0 Å². The zero-order valence-electron chi connectivity index (χ0n) is 11.3. The smallest absolute Gasteiger partial charge is 0.329 e. The van der Waals surface area contributed by atoms with Gasteiger partial charge in [-0.2, -0.15) is 0 Å². The maximum absolute atomic E-state index is 9.62. The molecule has 21 heavy (non-hydrogen) atoms. The second kappa shape index (κ2) is 8.42. The van der Waals surface area contributed by atoms with Crippen molar-refractivity contribution in [2.45, 2.75) is 24.9 Å². The number of hydrogen-bond acceptors (Lipinski definition) is 7. The summed E-state index contributed by atoms with van der Waals surface area (Å²) in [7, 11) is 0. The van der Waals surface area contributed by atoms with Crippen LogP contribution in [0.3, 0.4) is 0 Å². The van der Waals surface area contributed by atoms with Gasteiger partial charge in [-0.3, -0.25) is 0 Å². The monoisotopic (exact) mass is 301 g/mol. The van der Waals surface area contributed by atoms with Crippen LogP contribution >= 0.6 is 0 Å². The summed E-state index contributed by atoms with van der Waals surface area (Å²) in [6, 6.07) is 6.83. The van der Waals surface area contributed by atoms with Crippen molar-refractivity contribution in [1.29, 1.82) is 0 Å². The first kappa shape index (κ1) is 17.2. The van der Waals surface area contributed by atoms with Crippen molar-refractivity contribution < 1.29 is 34.7 Å². The van der Waals surface area contributed by atoms with Crippen molar-refractivity contribution in [3.63, 3.8) is 0 Å². The first-order valence-corrected chi connectivity index (χ1v) is 6.25. The van der Waals surface area contributed by atoms with Gasteiger partial charge in [-0.15, -0.1) is 0 Å². The Labute approximate surface area is 121 Å². The van der Waals surface area contributed by atoms with Crippen LogP contribution in [0.5, 0.6) is 5.75 Å². The SMILES string of the molecule is Nc1ccc(O[C@@H]2OC[C@H](O)C[C@H]2O)cc1.O=C(O)CO. The van der Waals surface area contributed by atoms with Crippen LogP contribution in [-0.2, 0) is 9.53 Å². The largest absolute Gasteiger partial charge is 0.480 e. The first-order chi connectivity index (χ1) is 9.92. The summed E-state index contributed by atoms with van der Waals surface area (Å²) >= 11 is 0. The van der Waals surface area contributed by atoms with Gasteiger partial charge < -0.3 is 35.6 Å². The summed E-state index contributed by atoms with van der Waals surface area (Å²) in [4.78, 5) is 9.12. The van der Waals surface area contributed by atoms with Crippen LogP contribution in [0.1, 0.15) is 6.42 Å². The van der Waals surface area contributed by atoms with Crippen molar-refractivity contribution in [2.75, 3.05) is 18.9 Å². The lowest BCUT2D eigenvalue weighted by Crippen LogP contribution is -2.44. The number of carboxylic acids is 1. The van der Waals surface area contributed by atoms with E-state index in [1.54, 1.807) is 24.3 Å². The normalized spacial score (nSPS) is 24.6. The number of ether oxygens (including phenoxy) is 2. The van der Waals surface area contributed by atoms with Crippen molar-refractivity contribution in [3.8, 4) is 5.75 Å². The van der Waals surface area contributed by atoms with Gasteiger partial charge in [0, 0.05) is 12.1 Å². The maximum atomic E-state index is 9.62. The van der Waals surface area contributed by atoms with E-state index in [4.69, 9.17) is 30.2 Å². The highest BCUT2D eigenvalue weighted by Crippen LogP contribution is 2.20. The third kappa shape index (κ3) is 6.41. The van der Waals surface area contributed by atoms with Gasteiger partial charge in [0.1, 0.15) is 18.5 Å². The standard InChI is InChI=1S/C11H15NO4.C2H4O3/c12-7-1-3-9(4-2-7)16-11-10(14)5-8(13)6-15-11;3-1-2(4)5/h1-4,8,10-11,13-14H,5-6,12H2;3H,1H2,(H,4,5)/t8-,10-,11+;/m1./s1. The fourth-order valence-corrected chi connectivity index (χ4v) is 1.57. The number of carboxylic acid groups (broad SMARTS) is 1. The Morgan fingerprint density at radius 1 is 1.33 bits per heavy atom. The fourth-order valence-electron chi connectivity index (χ4n) is 1.57. The molecule has 0 bridgehead atoms. The van der Waals surface area contributed by atoms with E-state index in [1.165, 1.54) is 0 Å². The highest BCUT2D eigenvalue weighted by Gasteiger charge is 2.30. The highest BCUT2D eigenvalue weighted by atomic mass is 16.7. The maximum Gasteiger partial charge on any atom is 0.329 e. The Bertz CT molecular complexity index is 437. The molecule has 1 aliphatic rings. The van der Waals surface area contributed by atoms with E-state index in [0.717, 1.165) is 0 Å². The van der Waals surface area contributed by atoms with Gasteiger partial charge in [0.05, 0.1) is 12.7 Å². The third-order valence-electron chi connectivity index (χ3n) is 2.55. The summed E-state index contributed by atoms with van der Waals surface area (Å²) in [6.07, 6.45) is -1.91. The van der Waals surface area contributed by atoms with Crippen LogP contribution < -0.4 is 10.5 Å². The number of rotatable bonds is 3. The van der Waals surface area contributed by atoms with Gasteiger partial charge in [0.2, 0.25) is 6.29 Å². The second-order valence-corrected chi connectivity index (χ2v) is 4.40. The predicted molar refractivity (Wildman–Crippen MR) is 72.6 cm³/mol. The lowest BCUT2D eigenvalue weighted by atomic mass is 10.1. The highest BCUT2D eigenvalue weighted by molar-refractivity contribution is 5.67. The molecule has 0 aromatic heterocycles. The Morgan fingerprint density at radius 2 is 1.90 bits per heavy atom. The quantitative estimate of drug-likeness (QED) is 0.456. The van der Waals surface area contributed by atoms with Gasteiger partial charge in [-0.1, -0.05) is 0 Å². The number of carbonyl (C=O) groups is 1. The molecule has 1 aliphatic heterocycles. The van der Waals surface area contributed by atoms with Crippen LogP contribution in [0.2, 0.25) is 0 Å². The van der Waals surface area contributed by atoms with Gasteiger partial charge in [-0.25, -0.2) is 4.79 Å². The molecule has 3 atom stereocenters. The van der Waals surface area contributed by atoms with E-state index < -0.39 is 31.1 Å². The predicted octanol–water partition coefficient (Wildman–Crippen LogP) is -0.821. The van der Waals surface area contributed by atoms with Crippen molar-refractivity contribution in [2.24, 2.45) is 0 Å². The molecule has 1 aromatic carbocycles. The van der Waals surface area contributed by atoms with Crippen LogP contribution in [0.4, 0.5) is 5.69 Å². The van der Waals surface area contributed by atoms with E-state index in [1.807, 2.05) is 0 Å². The van der Waals surface area contributed by atoms with Crippen molar-refractivity contribution >= 4 is 11.7 Å². The molecule has 0 amide bonds. The fraction of sp³-hybridized carbons (Fsp3) is 0.462. The van der Waals surface area contributed by atoms with E-state index in [9.17, 15) is 10.2 Å². The van der Waals surface area contributed by atoms with Gasteiger partial charge >= 0.3 is 5.97 Å². The molecule has 8 heteroatoms. The number of hydrogen-bond donors (Lipinski definition) is 5. The molecule has 0 saturated carbocycles. The molecule has 1 heterocycles. The molecule has 0 spiro atoms. The van der Waals surface area contributed by atoms with Gasteiger partial charge in [0.25, 0.3) is 0 Å². The molecule has 118 valence electrons. The lowest BCUT2D eigenvalue weighted by molar-refractivity contribution is -0.198. The molecule has 2 rings (SSSR count). The molecular formula is C13H19NO7. The Morgan fingerprint density at radius 3 is 2.38 bits per heavy atom. The average Bonchev–Trinajstić information content (AvgIpc) is 2.45. The lowest BCUT2D eigenvalue weighted by Gasteiger charge is -2.30. The number of nitrogens with two attached hydrogens (primary N) is 1. The van der Waals surface area contributed by atoms with E-state index >= 15 is 0 Å². The molecule has 0 aliphatic carbocycles. The molecule has 0 unspecified atom stereocenters. The summed E-state index contributed by atoms with van der Waals surface area (Å²) < 4.78 is 10.6. The van der Waals surface area contributed by atoms with Crippen LogP contribution in [0, 0.1) is 0 Å². The zero-order valence-corrected chi connectivity index (χ0v) is 11.3. The Kier molecular flexibility index (Phi) is 6.89. The molecule has 8 nitrogen and oxygen atoms in total. The minimum absolute atomic E-state index is 0.177. The molecule has 0 radical (unpaired) electrons. The van der Waals surface area contributed by atoms with E-state index in [0.29, 0.717) is 11.4 Å². The van der Waals surface area contributed by atoms with Gasteiger partial charge in [-0.05, 0) is 24.3 Å². The summed E-state index contributed by atoms with van der Waals surface area (Å²) in [5.41, 5.74) is 6.18. The van der Waals surface area contributed by atoms with Crippen LogP contribution in [0.25, 0.3) is 0 Å². The molecular weight excluding hydrogens is 282 g/mol. The number of anilines is 1. The minimum atomic E-state index is -1.19. The topological polar surface area (TPSA) is 142 Å². The summed E-state index contributed by atoms with van der Waals surface area (Å²) in [5.74, 6) is -0.611.